The number of Topliss-reactive ketones (excluding diaryl/α,β-unsaturated/α-hetero) is 1. The van der Waals surface area contributed by atoms with E-state index in [1.165, 1.54) is 12.1 Å². The van der Waals surface area contributed by atoms with Crippen molar-refractivity contribution in [3.63, 3.8) is 0 Å². The average molecular weight is 567 g/mol. The van der Waals surface area contributed by atoms with Gasteiger partial charge in [0.1, 0.15) is 16.8 Å². The summed E-state index contributed by atoms with van der Waals surface area (Å²) >= 11 is 0. The second-order valence-electron chi connectivity index (χ2n) is 10.8. The third-order valence-corrected chi connectivity index (χ3v) is 8.10. The van der Waals surface area contributed by atoms with Gasteiger partial charge in [0.2, 0.25) is 5.95 Å². The van der Waals surface area contributed by atoms with E-state index in [0.29, 0.717) is 60.6 Å². The van der Waals surface area contributed by atoms with Crippen molar-refractivity contribution in [1.82, 2.24) is 19.5 Å². The molecule has 2 aliphatic rings. The number of pyridine rings is 1. The summed E-state index contributed by atoms with van der Waals surface area (Å²) in [5, 5.41) is 14.7. The summed E-state index contributed by atoms with van der Waals surface area (Å²) < 4.78 is 13.8. The smallest absolute Gasteiger partial charge is 0.229 e. The lowest BCUT2D eigenvalue weighted by Crippen LogP contribution is -2.36. The van der Waals surface area contributed by atoms with E-state index in [1.807, 2.05) is 17.0 Å². The number of carbonyl (C=O) groups excluding carboxylic acids is 1. The van der Waals surface area contributed by atoms with Crippen LogP contribution >= 0.6 is 0 Å². The number of aromatic hydroxyl groups is 1. The number of phenols is 1. The normalized spacial score (nSPS) is 16.0. The summed E-state index contributed by atoms with van der Waals surface area (Å²) in [5.41, 5.74) is 3.28. The predicted octanol–water partition coefficient (Wildman–Crippen LogP) is 5.20. The van der Waals surface area contributed by atoms with E-state index in [1.54, 1.807) is 31.6 Å². The number of ether oxygens (including phenoxy) is 1. The highest BCUT2D eigenvalue weighted by Crippen LogP contribution is 2.36. The van der Waals surface area contributed by atoms with Crippen LogP contribution in [0.4, 0.5) is 17.5 Å². The molecule has 4 aromatic heterocycles. The van der Waals surface area contributed by atoms with Gasteiger partial charge in [-0.3, -0.25) is 14.6 Å². The van der Waals surface area contributed by atoms with Crippen LogP contribution in [0.25, 0.3) is 33.1 Å². The van der Waals surface area contributed by atoms with Crippen molar-refractivity contribution in [3.8, 4) is 16.9 Å². The van der Waals surface area contributed by atoms with Gasteiger partial charge in [0.25, 0.3) is 0 Å². The van der Waals surface area contributed by atoms with Gasteiger partial charge >= 0.3 is 0 Å². The SMILES string of the molecule is CC(=O)c1cc2cnc(Nc3cncc(-c4ccc(O)c5c(=O)cc(N6CCOCC6)oc45)c3)nc2n1C1CCCC1. The maximum atomic E-state index is 13.1. The Hall–Kier alpha value is -4.77. The highest BCUT2D eigenvalue weighted by atomic mass is 16.5. The van der Waals surface area contributed by atoms with Gasteiger partial charge in [-0.15, -0.1) is 0 Å². The summed E-state index contributed by atoms with van der Waals surface area (Å²) in [7, 11) is 0. The lowest BCUT2D eigenvalue weighted by molar-refractivity contribution is 0.100. The standard InChI is InChI=1S/C31H30N6O5/c1-18(38)24-13-20-16-33-31(35-30(20)37(24)22-4-2-3-5-22)34-21-12-19(15-32-17-21)23-6-7-25(39)28-26(40)14-27(42-29(23)28)36-8-10-41-11-9-36/h6-7,12-17,22,39H,2-5,8-11H2,1H3,(H,33,34,35). The highest BCUT2D eigenvalue weighted by molar-refractivity contribution is 5.98. The zero-order chi connectivity index (χ0) is 28.8. The minimum absolute atomic E-state index is 0.0101. The molecule has 1 aliphatic carbocycles. The van der Waals surface area contributed by atoms with Crippen LogP contribution in [0.2, 0.25) is 0 Å². The van der Waals surface area contributed by atoms with E-state index >= 15 is 0 Å². The molecular weight excluding hydrogens is 536 g/mol. The topological polar surface area (TPSA) is 136 Å². The van der Waals surface area contributed by atoms with Crippen molar-refractivity contribution in [2.24, 2.45) is 0 Å². The lowest BCUT2D eigenvalue weighted by atomic mass is 10.0. The molecule has 42 heavy (non-hydrogen) atoms. The number of nitrogens with one attached hydrogen (secondary N) is 1. The van der Waals surface area contributed by atoms with Crippen molar-refractivity contribution in [1.29, 1.82) is 0 Å². The molecule has 5 aromatic rings. The highest BCUT2D eigenvalue weighted by Gasteiger charge is 2.25. The molecule has 1 saturated carbocycles. The maximum absolute atomic E-state index is 13.1. The molecule has 1 saturated heterocycles. The van der Waals surface area contributed by atoms with Gasteiger partial charge in [-0.25, -0.2) is 4.98 Å². The van der Waals surface area contributed by atoms with Crippen LogP contribution in [0.5, 0.6) is 5.75 Å². The molecule has 1 aliphatic heterocycles. The van der Waals surface area contributed by atoms with Crippen LogP contribution in [0.3, 0.4) is 0 Å². The first-order valence-electron chi connectivity index (χ1n) is 14.2. The lowest BCUT2D eigenvalue weighted by Gasteiger charge is -2.27. The number of benzene rings is 1. The molecule has 11 nitrogen and oxygen atoms in total. The van der Waals surface area contributed by atoms with Crippen LogP contribution in [0.1, 0.15) is 49.1 Å². The summed E-state index contributed by atoms with van der Waals surface area (Å²) in [5.74, 6) is 0.679. The molecule has 11 heteroatoms. The maximum Gasteiger partial charge on any atom is 0.229 e. The zero-order valence-corrected chi connectivity index (χ0v) is 23.2. The van der Waals surface area contributed by atoms with Gasteiger partial charge in [0, 0.05) is 61.0 Å². The number of anilines is 3. The molecule has 7 rings (SSSR count). The number of rotatable bonds is 6. The van der Waals surface area contributed by atoms with Gasteiger partial charge < -0.3 is 29.0 Å². The van der Waals surface area contributed by atoms with E-state index in [2.05, 4.69) is 19.9 Å². The summed E-state index contributed by atoms with van der Waals surface area (Å²) in [6.07, 6.45) is 9.38. The van der Waals surface area contributed by atoms with Crippen molar-refractivity contribution >= 4 is 45.3 Å². The number of carbonyl (C=O) groups is 1. The predicted molar refractivity (Wildman–Crippen MR) is 159 cm³/mol. The van der Waals surface area contributed by atoms with Crippen molar-refractivity contribution in [2.75, 3.05) is 36.5 Å². The van der Waals surface area contributed by atoms with Crippen LogP contribution in [-0.4, -0.2) is 56.7 Å². The van der Waals surface area contributed by atoms with Crippen molar-refractivity contribution < 1.29 is 19.1 Å². The number of ketones is 1. The first-order chi connectivity index (χ1) is 20.5. The number of hydrogen-bond acceptors (Lipinski definition) is 10. The number of fused-ring (bicyclic) bond motifs is 2. The van der Waals surface area contributed by atoms with Gasteiger partial charge in [-0.05, 0) is 37.1 Å². The first-order valence-corrected chi connectivity index (χ1v) is 14.2. The van der Waals surface area contributed by atoms with Crippen LogP contribution in [0, 0.1) is 0 Å². The van der Waals surface area contributed by atoms with Gasteiger partial charge in [0.15, 0.2) is 22.7 Å². The third-order valence-electron chi connectivity index (χ3n) is 8.10. The van der Waals surface area contributed by atoms with Gasteiger partial charge in [-0.1, -0.05) is 12.8 Å². The molecule has 214 valence electrons. The monoisotopic (exact) mass is 566 g/mol. The minimum Gasteiger partial charge on any atom is -0.507 e. The van der Waals surface area contributed by atoms with E-state index < -0.39 is 0 Å². The number of aromatic nitrogens is 4. The molecule has 0 spiro atoms. The minimum atomic E-state index is -0.323. The molecule has 2 N–H and O–H groups in total. The second-order valence-corrected chi connectivity index (χ2v) is 10.8. The fraction of sp³-hybridized carbons (Fsp3) is 0.323. The number of morpholine rings is 1. The number of hydrogen-bond donors (Lipinski definition) is 2. The fourth-order valence-electron chi connectivity index (χ4n) is 6.06. The van der Waals surface area contributed by atoms with E-state index in [4.69, 9.17) is 14.1 Å². The Balaban J connectivity index is 1.26. The molecule has 0 amide bonds. The average Bonchev–Trinajstić information content (AvgIpc) is 3.66. The molecular formula is C31H30N6O5. The molecule has 0 unspecified atom stereocenters. The third kappa shape index (κ3) is 4.65. The molecule has 2 fully saturated rings. The molecule has 0 bridgehead atoms. The molecule has 5 heterocycles. The Morgan fingerprint density at radius 2 is 1.88 bits per heavy atom. The quantitative estimate of drug-likeness (QED) is 0.264. The van der Waals surface area contributed by atoms with E-state index in [0.717, 1.165) is 36.7 Å². The van der Waals surface area contributed by atoms with Gasteiger partial charge in [-0.2, -0.15) is 4.98 Å². The van der Waals surface area contributed by atoms with E-state index in [9.17, 15) is 14.7 Å². The fourth-order valence-corrected chi connectivity index (χ4v) is 6.06. The summed E-state index contributed by atoms with van der Waals surface area (Å²) in [6, 6.07) is 8.60. The van der Waals surface area contributed by atoms with Crippen molar-refractivity contribution in [2.45, 2.75) is 38.6 Å². The first kappa shape index (κ1) is 26.1. The zero-order valence-electron chi connectivity index (χ0n) is 23.2. The number of phenolic OH excluding ortho intramolecular Hbond substituents is 1. The van der Waals surface area contributed by atoms with Crippen LogP contribution in [-0.2, 0) is 4.74 Å². The Morgan fingerprint density at radius 3 is 2.67 bits per heavy atom. The summed E-state index contributed by atoms with van der Waals surface area (Å²) in [4.78, 5) is 41.2. The molecule has 0 atom stereocenters. The van der Waals surface area contributed by atoms with Crippen LogP contribution < -0.4 is 15.6 Å². The summed E-state index contributed by atoms with van der Waals surface area (Å²) in [6.45, 7) is 3.88. The Labute approximate surface area is 240 Å². The Bertz CT molecular complexity index is 1880. The number of nitrogens with zero attached hydrogens (tertiary/aromatic N) is 5. The molecule has 1 aromatic carbocycles. The largest absolute Gasteiger partial charge is 0.507 e. The van der Waals surface area contributed by atoms with Crippen molar-refractivity contribution in [3.05, 3.63) is 64.8 Å². The van der Waals surface area contributed by atoms with E-state index in [-0.39, 0.29) is 34.0 Å². The Kier molecular flexibility index (Phi) is 6.58. The molecule has 0 radical (unpaired) electrons. The van der Waals surface area contributed by atoms with Gasteiger partial charge in [0.05, 0.1) is 30.8 Å². The van der Waals surface area contributed by atoms with Crippen LogP contribution in [0.15, 0.2) is 58.1 Å². The Morgan fingerprint density at radius 1 is 1.07 bits per heavy atom. The second kappa shape index (κ2) is 10.6.